The number of rotatable bonds is 3. The van der Waals surface area contributed by atoms with E-state index in [1.165, 1.54) is 5.56 Å². The Bertz CT molecular complexity index is 427. The summed E-state index contributed by atoms with van der Waals surface area (Å²) < 4.78 is 0. The van der Waals surface area contributed by atoms with Crippen molar-refractivity contribution in [1.29, 1.82) is 0 Å². The van der Waals surface area contributed by atoms with Crippen molar-refractivity contribution in [3.8, 4) is 0 Å². The van der Waals surface area contributed by atoms with Crippen molar-refractivity contribution < 1.29 is 4.79 Å². The summed E-state index contributed by atoms with van der Waals surface area (Å²) in [6.45, 7) is 8.82. The summed E-state index contributed by atoms with van der Waals surface area (Å²) in [7, 11) is 0. The van der Waals surface area contributed by atoms with Gasteiger partial charge in [-0.05, 0) is 31.9 Å². The molecule has 2 rings (SSSR count). The van der Waals surface area contributed by atoms with E-state index in [1.54, 1.807) is 0 Å². The summed E-state index contributed by atoms with van der Waals surface area (Å²) in [4.78, 5) is 14.7. The number of Topliss-reactive ketones (excluding diaryl/α,β-unsaturated/α-hetero) is 1. The van der Waals surface area contributed by atoms with Gasteiger partial charge in [0.05, 0.1) is 6.54 Å². The van der Waals surface area contributed by atoms with Crippen LogP contribution in [0.1, 0.15) is 27.0 Å². The highest BCUT2D eigenvalue weighted by molar-refractivity contribution is 7.99. The van der Waals surface area contributed by atoms with Crippen LogP contribution in [0.3, 0.4) is 0 Å². The summed E-state index contributed by atoms with van der Waals surface area (Å²) >= 11 is 1.98. The second-order valence-electron chi connectivity index (χ2n) is 5.09. The Labute approximate surface area is 114 Å². The second-order valence-corrected chi connectivity index (χ2v) is 6.31. The Kier molecular flexibility index (Phi) is 4.46. The van der Waals surface area contributed by atoms with Gasteiger partial charge in [0.1, 0.15) is 0 Å². The molecule has 1 aromatic carbocycles. The van der Waals surface area contributed by atoms with E-state index in [0.29, 0.717) is 6.54 Å². The highest BCUT2D eigenvalue weighted by Gasteiger charge is 2.18. The van der Waals surface area contributed by atoms with Gasteiger partial charge in [-0.3, -0.25) is 9.69 Å². The molecule has 1 fully saturated rings. The number of thioether (sulfide) groups is 1. The third-order valence-corrected chi connectivity index (χ3v) is 4.37. The van der Waals surface area contributed by atoms with Crippen LogP contribution in [0.15, 0.2) is 12.1 Å². The lowest BCUT2D eigenvalue weighted by Gasteiger charge is -2.25. The van der Waals surface area contributed by atoms with Crippen molar-refractivity contribution in [2.45, 2.75) is 20.8 Å². The molecular formula is C15H21NOS. The summed E-state index contributed by atoms with van der Waals surface area (Å²) in [5.41, 5.74) is 4.39. The van der Waals surface area contributed by atoms with Crippen molar-refractivity contribution in [2.24, 2.45) is 0 Å². The van der Waals surface area contributed by atoms with E-state index in [1.807, 2.05) is 25.6 Å². The van der Waals surface area contributed by atoms with E-state index in [-0.39, 0.29) is 5.78 Å². The van der Waals surface area contributed by atoms with Crippen molar-refractivity contribution in [3.05, 3.63) is 34.4 Å². The molecule has 0 aromatic heterocycles. The largest absolute Gasteiger partial charge is 0.294 e. The standard InChI is InChI=1S/C15H21NOS/c1-11-8-12(2)15(13(3)9-11)14(17)10-16-4-6-18-7-5-16/h8-9H,4-7,10H2,1-3H3. The minimum absolute atomic E-state index is 0.275. The highest BCUT2D eigenvalue weighted by atomic mass is 32.2. The summed E-state index contributed by atoms with van der Waals surface area (Å²) in [6, 6.07) is 4.21. The molecule has 18 heavy (non-hydrogen) atoms. The molecule has 1 heterocycles. The lowest BCUT2D eigenvalue weighted by atomic mass is 9.96. The number of carbonyl (C=O) groups is 1. The van der Waals surface area contributed by atoms with E-state index in [4.69, 9.17) is 0 Å². The van der Waals surface area contributed by atoms with E-state index in [0.717, 1.165) is 41.3 Å². The van der Waals surface area contributed by atoms with Crippen LogP contribution < -0.4 is 0 Å². The zero-order chi connectivity index (χ0) is 13.1. The molecule has 0 unspecified atom stereocenters. The molecule has 0 amide bonds. The molecule has 2 nitrogen and oxygen atoms in total. The number of carbonyl (C=O) groups excluding carboxylic acids is 1. The maximum atomic E-state index is 12.4. The van der Waals surface area contributed by atoms with E-state index >= 15 is 0 Å². The average Bonchev–Trinajstić information content (AvgIpc) is 2.28. The molecule has 1 aliphatic rings. The average molecular weight is 263 g/mol. The van der Waals surface area contributed by atoms with Gasteiger partial charge in [0.15, 0.2) is 5.78 Å². The highest BCUT2D eigenvalue weighted by Crippen LogP contribution is 2.18. The molecule has 0 saturated carbocycles. The zero-order valence-corrected chi connectivity index (χ0v) is 12.3. The first kappa shape index (κ1) is 13.6. The summed E-state index contributed by atoms with van der Waals surface area (Å²) in [5.74, 6) is 2.58. The van der Waals surface area contributed by atoms with Crippen molar-refractivity contribution in [2.75, 3.05) is 31.1 Å². The van der Waals surface area contributed by atoms with Crippen LogP contribution in [0.5, 0.6) is 0 Å². The lowest BCUT2D eigenvalue weighted by Crippen LogP contribution is -2.37. The van der Waals surface area contributed by atoms with Crippen LogP contribution in [-0.2, 0) is 0 Å². The third kappa shape index (κ3) is 3.15. The summed E-state index contributed by atoms with van der Waals surface area (Å²) in [5, 5.41) is 0. The molecule has 0 N–H and O–H groups in total. The molecule has 0 spiro atoms. The van der Waals surface area contributed by atoms with E-state index in [2.05, 4.69) is 24.0 Å². The van der Waals surface area contributed by atoms with Crippen molar-refractivity contribution in [3.63, 3.8) is 0 Å². The van der Waals surface area contributed by atoms with Crippen molar-refractivity contribution >= 4 is 17.5 Å². The molecule has 0 aliphatic carbocycles. The number of nitrogens with zero attached hydrogens (tertiary/aromatic N) is 1. The second kappa shape index (κ2) is 5.89. The topological polar surface area (TPSA) is 20.3 Å². The first-order chi connectivity index (χ1) is 8.58. The Morgan fingerprint density at radius 1 is 1.17 bits per heavy atom. The number of hydrogen-bond donors (Lipinski definition) is 0. The van der Waals surface area contributed by atoms with Crippen LogP contribution in [0, 0.1) is 20.8 Å². The van der Waals surface area contributed by atoms with Gasteiger partial charge < -0.3 is 0 Å². The maximum Gasteiger partial charge on any atom is 0.177 e. The Balaban J connectivity index is 2.13. The fourth-order valence-electron chi connectivity index (χ4n) is 2.66. The van der Waals surface area contributed by atoms with Gasteiger partial charge in [-0.1, -0.05) is 17.7 Å². The van der Waals surface area contributed by atoms with Crippen LogP contribution in [0.4, 0.5) is 0 Å². The SMILES string of the molecule is Cc1cc(C)c(C(=O)CN2CCSCC2)c(C)c1. The molecule has 1 aromatic rings. The molecule has 3 heteroatoms. The Morgan fingerprint density at radius 2 is 1.72 bits per heavy atom. The third-order valence-electron chi connectivity index (χ3n) is 3.43. The molecule has 0 radical (unpaired) electrons. The Morgan fingerprint density at radius 3 is 2.28 bits per heavy atom. The zero-order valence-electron chi connectivity index (χ0n) is 11.5. The number of ketones is 1. The minimum Gasteiger partial charge on any atom is -0.294 e. The monoisotopic (exact) mass is 263 g/mol. The molecule has 1 saturated heterocycles. The molecule has 98 valence electrons. The van der Waals surface area contributed by atoms with Gasteiger partial charge in [-0.25, -0.2) is 0 Å². The van der Waals surface area contributed by atoms with Gasteiger partial charge in [-0.15, -0.1) is 0 Å². The quantitative estimate of drug-likeness (QED) is 0.782. The summed E-state index contributed by atoms with van der Waals surface area (Å²) in [6.07, 6.45) is 0. The van der Waals surface area contributed by atoms with Crippen molar-refractivity contribution in [1.82, 2.24) is 4.90 Å². The number of hydrogen-bond acceptors (Lipinski definition) is 3. The normalized spacial score (nSPS) is 16.8. The van der Waals surface area contributed by atoms with Gasteiger partial charge >= 0.3 is 0 Å². The van der Waals surface area contributed by atoms with Gasteiger partial charge in [0.25, 0.3) is 0 Å². The number of aryl methyl sites for hydroxylation is 3. The van der Waals surface area contributed by atoms with Crippen LogP contribution >= 0.6 is 11.8 Å². The van der Waals surface area contributed by atoms with Crippen LogP contribution in [0.2, 0.25) is 0 Å². The van der Waals surface area contributed by atoms with E-state index < -0.39 is 0 Å². The first-order valence-electron chi connectivity index (χ1n) is 6.49. The predicted octanol–water partition coefficient (Wildman–Crippen LogP) is 2.84. The fourth-order valence-corrected chi connectivity index (χ4v) is 3.64. The van der Waals surface area contributed by atoms with Gasteiger partial charge in [-0.2, -0.15) is 11.8 Å². The fraction of sp³-hybridized carbons (Fsp3) is 0.533. The molecule has 0 bridgehead atoms. The molecular weight excluding hydrogens is 242 g/mol. The van der Waals surface area contributed by atoms with E-state index in [9.17, 15) is 4.79 Å². The number of benzene rings is 1. The molecule has 1 aliphatic heterocycles. The lowest BCUT2D eigenvalue weighted by molar-refractivity contribution is 0.0936. The van der Waals surface area contributed by atoms with Crippen LogP contribution in [0.25, 0.3) is 0 Å². The van der Waals surface area contributed by atoms with Crippen LogP contribution in [-0.4, -0.2) is 41.8 Å². The predicted molar refractivity (Wildman–Crippen MR) is 78.7 cm³/mol. The van der Waals surface area contributed by atoms with Gasteiger partial charge in [0.2, 0.25) is 0 Å². The smallest absolute Gasteiger partial charge is 0.177 e. The maximum absolute atomic E-state index is 12.4. The Hall–Kier alpha value is -0.800. The molecule has 0 atom stereocenters. The minimum atomic E-state index is 0.275. The first-order valence-corrected chi connectivity index (χ1v) is 7.64. The van der Waals surface area contributed by atoms with Gasteiger partial charge in [0, 0.05) is 30.2 Å².